The molecule has 0 amide bonds. The highest BCUT2D eigenvalue weighted by atomic mass is 16.1. The number of hydrogen-bond donors (Lipinski definition) is 1. The Kier molecular flexibility index (Phi) is 3.78. The molecule has 1 N–H and O–H groups in total. The van der Waals surface area contributed by atoms with Gasteiger partial charge in [-0.2, -0.15) is 0 Å². The van der Waals surface area contributed by atoms with Crippen molar-refractivity contribution >= 4 is 18.0 Å². The number of aromatic amines is 1. The molecule has 0 saturated heterocycles. The zero-order valence-corrected chi connectivity index (χ0v) is 10.4. The summed E-state index contributed by atoms with van der Waals surface area (Å²) in [5.41, 5.74) is 1.20. The minimum absolute atomic E-state index is 0.0766. The summed E-state index contributed by atoms with van der Waals surface area (Å²) in [6, 6.07) is 0. The fourth-order valence-corrected chi connectivity index (χ4v) is 1.02. The van der Waals surface area contributed by atoms with Gasteiger partial charge in [0.05, 0.1) is 12.0 Å². The lowest BCUT2D eigenvalue weighted by Crippen LogP contribution is -2.11. The molecule has 0 aliphatic rings. The van der Waals surface area contributed by atoms with Gasteiger partial charge in [-0.25, -0.2) is 9.98 Å². The third-order valence-electron chi connectivity index (χ3n) is 2.36. The Morgan fingerprint density at radius 2 is 2.18 bits per heavy atom. The van der Waals surface area contributed by atoms with Crippen LogP contribution in [0.4, 0.5) is 5.69 Å². The number of rotatable bonds is 3. The molecule has 1 rings (SSSR count). The second kappa shape index (κ2) is 4.91. The summed E-state index contributed by atoms with van der Waals surface area (Å²) in [6.07, 6.45) is 4.43. The maximum atomic E-state index is 11.6. The van der Waals surface area contributed by atoms with Crippen molar-refractivity contribution in [3.63, 3.8) is 0 Å². The van der Waals surface area contributed by atoms with Crippen LogP contribution in [0.25, 0.3) is 6.08 Å². The van der Waals surface area contributed by atoms with Crippen LogP contribution in [-0.2, 0) is 0 Å². The predicted molar refractivity (Wildman–Crippen MR) is 71.7 cm³/mol. The highest BCUT2D eigenvalue weighted by Crippen LogP contribution is 2.22. The van der Waals surface area contributed by atoms with Gasteiger partial charge in [0.15, 0.2) is 5.69 Å². The third kappa shape index (κ3) is 3.24. The van der Waals surface area contributed by atoms with Gasteiger partial charge in [0.1, 0.15) is 0 Å². The molecule has 1 aromatic heterocycles. The number of hydrogen-bond acceptors (Lipinski definition) is 3. The van der Waals surface area contributed by atoms with Crippen LogP contribution in [0.2, 0.25) is 0 Å². The Bertz CT molecular complexity index is 518. The van der Waals surface area contributed by atoms with Crippen LogP contribution in [-0.4, -0.2) is 16.2 Å². The monoisotopic (exact) mass is 231 g/mol. The Balaban J connectivity index is 3.12. The highest BCUT2D eigenvalue weighted by molar-refractivity contribution is 5.82. The normalized spacial score (nSPS) is 11.7. The zero-order chi connectivity index (χ0) is 13.1. The lowest BCUT2D eigenvalue weighted by Gasteiger charge is -2.17. The molecular weight excluding hydrogens is 214 g/mol. The lowest BCUT2D eigenvalue weighted by atomic mass is 9.88. The van der Waals surface area contributed by atoms with Crippen molar-refractivity contribution in [1.29, 1.82) is 0 Å². The van der Waals surface area contributed by atoms with Crippen molar-refractivity contribution in [3.8, 4) is 0 Å². The Labute approximate surface area is 101 Å². The van der Waals surface area contributed by atoms with Gasteiger partial charge in [-0.15, -0.1) is 0 Å². The molecular formula is C13H17N3O. The van der Waals surface area contributed by atoms with Crippen molar-refractivity contribution in [1.82, 2.24) is 9.97 Å². The average Bonchev–Trinajstić information content (AvgIpc) is 2.25. The van der Waals surface area contributed by atoms with Crippen LogP contribution in [0, 0.1) is 5.41 Å². The summed E-state index contributed by atoms with van der Waals surface area (Å²) in [5, 5.41) is 0. The SMILES string of the molecule is C=Cc1nc[nH]c(=O)c1N=CC(=C)C(C)(C)C. The molecule has 17 heavy (non-hydrogen) atoms. The molecule has 0 aliphatic heterocycles. The molecule has 0 bridgehead atoms. The number of aromatic nitrogens is 2. The van der Waals surface area contributed by atoms with E-state index in [9.17, 15) is 4.79 Å². The molecule has 4 heteroatoms. The zero-order valence-electron chi connectivity index (χ0n) is 10.4. The molecule has 0 unspecified atom stereocenters. The largest absolute Gasteiger partial charge is 0.311 e. The summed E-state index contributed by atoms with van der Waals surface area (Å²) in [7, 11) is 0. The van der Waals surface area contributed by atoms with Crippen molar-refractivity contribution in [3.05, 3.63) is 41.1 Å². The van der Waals surface area contributed by atoms with E-state index in [4.69, 9.17) is 0 Å². The van der Waals surface area contributed by atoms with E-state index in [1.165, 1.54) is 12.4 Å². The number of allylic oxidation sites excluding steroid dienone is 1. The van der Waals surface area contributed by atoms with Gasteiger partial charge < -0.3 is 4.98 Å². The standard InChI is InChI=1S/C13H17N3O/c1-6-10-11(12(17)16-8-15-10)14-7-9(2)13(3,4)5/h6-8H,1-2H2,3-5H3,(H,15,16,17). The summed E-state index contributed by atoms with van der Waals surface area (Å²) in [5.74, 6) is 0. The molecule has 0 spiro atoms. The van der Waals surface area contributed by atoms with E-state index in [2.05, 4.69) is 28.1 Å². The van der Waals surface area contributed by atoms with E-state index in [0.29, 0.717) is 5.69 Å². The van der Waals surface area contributed by atoms with Crippen molar-refractivity contribution in [2.45, 2.75) is 20.8 Å². The van der Waals surface area contributed by atoms with E-state index in [1.54, 1.807) is 6.21 Å². The number of nitrogens with zero attached hydrogens (tertiary/aromatic N) is 2. The van der Waals surface area contributed by atoms with Crippen molar-refractivity contribution < 1.29 is 0 Å². The second-order valence-corrected chi connectivity index (χ2v) is 4.70. The Hall–Kier alpha value is -1.97. The van der Waals surface area contributed by atoms with Crippen LogP contribution in [0.5, 0.6) is 0 Å². The van der Waals surface area contributed by atoms with E-state index < -0.39 is 0 Å². The van der Waals surface area contributed by atoms with E-state index in [0.717, 1.165) is 5.57 Å². The summed E-state index contributed by atoms with van der Waals surface area (Å²) >= 11 is 0. The second-order valence-electron chi connectivity index (χ2n) is 4.70. The first-order valence-corrected chi connectivity index (χ1v) is 5.30. The molecule has 0 aliphatic carbocycles. The summed E-state index contributed by atoms with van der Waals surface area (Å²) in [4.78, 5) is 22.2. The highest BCUT2D eigenvalue weighted by Gasteiger charge is 2.13. The quantitative estimate of drug-likeness (QED) is 0.813. The molecule has 90 valence electrons. The van der Waals surface area contributed by atoms with Crippen LogP contribution in [0.15, 0.2) is 34.8 Å². The van der Waals surface area contributed by atoms with Gasteiger partial charge in [-0.1, -0.05) is 33.9 Å². The average molecular weight is 231 g/mol. The minimum Gasteiger partial charge on any atom is -0.311 e. The number of nitrogens with one attached hydrogen (secondary N) is 1. The Morgan fingerprint density at radius 3 is 2.71 bits per heavy atom. The molecule has 0 aromatic carbocycles. The fraction of sp³-hybridized carbons (Fsp3) is 0.308. The molecule has 0 saturated carbocycles. The van der Waals surface area contributed by atoms with E-state index in [1.807, 2.05) is 20.8 Å². The van der Waals surface area contributed by atoms with Gasteiger partial charge >= 0.3 is 0 Å². The smallest absolute Gasteiger partial charge is 0.277 e. The maximum absolute atomic E-state index is 11.6. The van der Waals surface area contributed by atoms with Gasteiger partial charge in [-0.05, 0) is 17.1 Å². The van der Waals surface area contributed by atoms with Crippen LogP contribution in [0.3, 0.4) is 0 Å². The Morgan fingerprint density at radius 1 is 1.53 bits per heavy atom. The van der Waals surface area contributed by atoms with Crippen LogP contribution in [0.1, 0.15) is 26.5 Å². The molecule has 1 aromatic rings. The van der Waals surface area contributed by atoms with Gasteiger partial charge in [-0.3, -0.25) is 4.79 Å². The van der Waals surface area contributed by atoms with E-state index in [-0.39, 0.29) is 16.7 Å². The van der Waals surface area contributed by atoms with Crippen LogP contribution >= 0.6 is 0 Å². The molecule has 1 heterocycles. The summed E-state index contributed by atoms with van der Waals surface area (Å²) in [6.45, 7) is 13.6. The minimum atomic E-state index is -0.284. The van der Waals surface area contributed by atoms with Crippen molar-refractivity contribution in [2.75, 3.05) is 0 Å². The fourth-order valence-electron chi connectivity index (χ4n) is 1.02. The number of H-pyrrole nitrogens is 1. The molecule has 4 nitrogen and oxygen atoms in total. The first-order chi connectivity index (χ1) is 7.86. The molecule has 0 fully saturated rings. The van der Waals surface area contributed by atoms with E-state index >= 15 is 0 Å². The third-order valence-corrected chi connectivity index (χ3v) is 2.36. The van der Waals surface area contributed by atoms with Gasteiger partial charge in [0.25, 0.3) is 5.56 Å². The van der Waals surface area contributed by atoms with Crippen LogP contribution < -0.4 is 5.56 Å². The van der Waals surface area contributed by atoms with Crippen molar-refractivity contribution in [2.24, 2.45) is 10.4 Å². The lowest BCUT2D eigenvalue weighted by molar-refractivity contribution is 0.528. The summed E-state index contributed by atoms with van der Waals surface area (Å²) < 4.78 is 0. The molecule has 0 radical (unpaired) electrons. The topological polar surface area (TPSA) is 58.1 Å². The molecule has 0 atom stereocenters. The first-order valence-electron chi connectivity index (χ1n) is 5.30. The predicted octanol–water partition coefficient (Wildman–Crippen LogP) is 2.72. The first kappa shape index (κ1) is 13.1. The van der Waals surface area contributed by atoms with Gasteiger partial charge in [0, 0.05) is 6.21 Å². The van der Waals surface area contributed by atoms with Gasteiger partial charge in [0.2, 0.25) is 0 Å². The number of aliphatic imine (C=N–C) groups is 1. The maximum Gasteiger partial charge on any atom is 0.277 e.